The number of hydrogen-bond acceptors (Lipinski definition) is 1. The van der Waals surface area contributed by atoms with E-state index in [0.717, 1.165) is 6.54 Å². The first kappa shape index (κ1) is 15.2. The third-order valence-electron chi connectivity index (χ3n) is 3.62. The van der Waals surface area contributed by atoms with Crippen molar-refractivity contribution in [3.05, 3.63) is 35.9 Å². The van der Waals surface area contributed by atoms with E-state index in [1.807, 2.05) is 0 Å². The lowest BCUT2D eigenvalue weighted by molar-refractivity contribution is 0.424. The minimum atomic E-state index is 0.604. The number of nitrogens with one attached hydrogen (secondary N) is 1. The molecule has 18 heavy (non-hydrogen) atoms. The normalized spacial score (nSPS) is 14.4. The van der Waals surface area contributed by atoms with E-state index in [1.54, 1.807) is 0 Å². The molecule has 0 aliphatic heterocycles. The van der Waals surface area contributed by atoms with Gasteiger partial charge in [0.25, 0.3) is 0 Å². The molecule has 1 N–H and O–H groups in total. The summed E-state index contributed by atoms with van der Waals surface area (Å²) >= 11 is 0. The van der Waals surface area contributed by atoms with E-state index in [9.17, 15) is 0 Å². The first-order chi connectivity index (χ1) is 8.77. The molecule has 1 aromatic rings. The molecule has 0 radical (unpaired) electrons. The molecule has 0 aromatic heterocycles. The second-order valence-electron chi connectivity index (χ2n) is 5.35. The maximum Gasteiger partial charge on any atom is 0.00672 e. The van der Waals surface area contributed by atoms with E-state index in [0.29, 0.717) is 12.0 Å². The minimum Gasteiger partial charge on any atom is -0.313 e. The van der Waals surface area contributed by atoms with Crippen LogP contribution in [0.2, 0.25) is 0 Å². The molecular formula is C17H29N. The van der Waals surface area contributed by atoms with Gasteiger partial charge in [0, 0.05) is 12.6 Å². The Bertz CT molecular complexity index is 294. The molecule has 0 bridgehead atoms. The molecule has 0 saturated carbocycles. The van der Waals surface area contributed by atoms with Gasteiger partial charge in [0.2, 0.25) is 0 Å². The smallest absolute Gasteiger partial charge is 0.00672 e. The van der Waals surface area contributed by atoms with Gasteiger partial charge in [-0.05, 0) is 24.3 Å². The maximum atomic E-state index is 3.75. The quantitative estimate of drug-likeness (QED) is 0.664. The zero-order chi connectivity index (χ0) is 13.2. The third kappa shape index (κ3) is 5.68. The van der Waals surface area contributed by atoms with Crippen molar-refractivity contribution in [3.8, 4) is 0 Å². The highest BCUT2D eigenvalue weighted by atomic mass is 14.9. The number of rotatable bonds is 9. The van der Waals surface area contributed by atoms with Gasteiger partial charge >= 0.3 is 0 Å². The number of benzene rings is 1. The van der Waals surface area contributed by atoms with Gasteiger partial charge in [-0.1, -0.05) is 70.4 Å². The molecule has 1 heteroatoms. The van der Waals surface area contributed by atoms with Crippen LogP contribution in [-0.2, 0) is 0 Å². The lowest BCUT2D eigenvalue weighted by Gasteiger charge is -2.21. The highest BCUT2D eigenvalue weighted by Crippen LogP contribution is 2.14. The second kappa shape index (κ2) is 9.16. The molecule has 0 heterocycles. The molecule has 0 amide bonds. The summed E-state index contributed by atoms with van der Waals surface area (Å²) < 4.78 is 0. The topological polar surface area (TPSA) is 12.0 Å². The summed E-state index contributed by atoms with van der Waals surface area (Å²) in [6.45, 7) is 7.96. The summed E-state index contributed by atoms with van der Waals surface area (Å²) in [5.41, 5.74) is 1.44. The van der Waals surface area contributed by atoms with Gasteiger partial charge in [-0.25, -0.2) is 0 Å². The highest BCUT2D eigenvalue weighted by molar-refractivity contribution is 5.18. The summed E-state index contributed by atoms with van der Waals surface area (Å²) in [4.78, 5) is 0. The van der Waals surface area contributed by atoms with Crippen molar-refractivity contribution in [2.75, 3.05) is 6.54 Å². The van der Waals surface area contributed by atoms with Gasteiger partial charge < -0.3 is 5.32 Å². The first-order valence-corrected chi connectivity index (χ1v) is 7.56. The van der Waals surface area contributed by atoms with Crippen LogP contribution in [0.5, 0.6) is 0 Å². The Hall–Kier alpha value is -0.820. The van der Waals surface area contributed by atoms with Gasteiger partial charge in [0.15, 0.2) is 0 Å². The average Bonchev–Trinajstić information content (AvgIpc) is 2.42. The first-order valence-electron chi connectivity index (χ1n) is 7.56. The van der Waals surface area contributed by atoms with Gasteiger partial charge in [-0.2, -0.15) is 0 Å². The van der Waals surface area contributed by atoms with E-state index in [4.69, 9.17) is 0 Å². The molecule has 0 spiro atoms. The Morgan fingerprint density at radius 3 is 2.33 bits per heavy atom. The maximum absolute atomic E-state index is 3.75. The molecule has 1 nitrogen and oxygen atoms in total. The Morgan fingerprint density at radius 1 is 1.00 bits per heavy atom. The van der Waals surface area contributed by atoms with E-state index in [-0.39, 0.29) is 0 Å². The Morgan fingerprint density at radius 2 is 1.72 bits per heavy atom. The molecule has 2 unspecified atom stereocenters. The fourth-order valence-corrected chi connectivity index (χ4v) is 2.39. The number of unbranched alkanes of at least 4 members (excludes halogenated alkanes) is 1. The van der Waals surface area contributed by atoms with Crippen molar-refractivity contribution in [2.24, 2.45) is 0 Å². The van der Waals surface area contributed by atoms with E-state index < -0.39 is 0 Å². The van der Waals surface area contributed by atoms with Crippen molar-refractivity contribution in [1.82, 2.24) is 5.32 Å². The predicted molar refractivity (Wildman–Crippen MR) is 81.1 cm³/mol. The summed E-state index contributed by atoms with van der Waals surface area (Å²) in [6, 6.07) is 11.5. The van der Waals surface area contributed by atoms with Gasteiger partial charge in [0.05, 0.1) is 0 Å². The van der Waals surface area contributed by atoms with Crippen molar-refractivity contribution < 1.29 is 0 Å². The van der Waals surface area contributed by atoms with Crippen molar-refractivity contribution in [3.63, 3.8) is 0 Å². The molecule has 0 fully saturated rings. The van der Waals surface area contributed by atoms with Crippen molar-refractivity contribution >= 4 is 0 Å². The number of hydrogen-bond donors (Lipinski definition) is 1. The summed E-state index contributed by atoms with van der Waals surface area (Å²) in [5.74, 6) is 0.604. The fraction of sp³-hybridized carbons (Fsp3) is 0.647. The minimum absolute atomic E-state index is 0.604. The SMILES string of the molecule is CCCCC(CCC)NCC(C)c1ccccc1. The van der Waals surface area contributed by atoms with Gasteiger partial charge in [0.1, 0.15) is 0 Å². The van der Waals surface area contributed by atoms with Crippen LogP contribution < -0.4 is 5.32 Å². The molecule has 1 aromatic carbocycles. The van der Waals surface area contributed by atoms with E-state index in [2.05, 4.69) is 56.4 Å². The predicted octanol–water partition coefficient (Wildman–Crippen LogP) is 4.74. The standard InChI is InChI=1S/C17H29N/c1-4-6-13-17(10-5-2)18-14-15(3)16-11-8-7-9-12-16/h7-9,11-12,15,17-18H,4-6,10,13-14H2,1-3H3. The van der Waals surface area contributed by atoms with Gasteiger partial charge in [-0.3, -0.25) is 0 Å². The summed E-state index contributed by atoms with van der Waals surface area (Å²) in [6.07, 6.45) is 6.56. The van der Waals surface area contributed by atoms with Crippen LogP contribution in [-0.4, -0.2) is 12.6 Å². The van der Waals surface area contributed by atoms with Crippen LogP contribution in [0.25, 0.3) is 0 Å². The van der Waals surface area contributed by atoms with Crippen LogP contribution in [0.3, 0.4) is 0 Å². The molecule has 0 saturated heterocycles. The summed E-state index contributed by atoms with van der Waals surface area (Å²) in [7, 11) is 0. The summed E-state index contributed by atoms with van der Waals surface area (Å²) in [5, 5.41) is 3.75. The second-order valence-corrected chi connectivity index (χ2v) is 5.35. The molecule has 102 valence electrons. The van der Waals surface area contributed by atoms with Crippen LogP contribution in [0.4, 0.5) is 0 Å². The molecule has 0 aliphatic carbocycles. The molecule has 2 atom stereocenters. The molecule has 0 aliphatic rings. The highest BCUT2D eigenvalue weighted by Gasteiger charge is 2.09. The van der Waals surface area contributed by atoms with Crippen molar-refractivity contribution in [2.45, 2.75) is 64.8 Å². The van der Waals surface area contributed by atoms with Crippen LogP contribution in [0.15, 0.2) is 30.3 Å². The molecular weight excluding hydrogens is 218 g/mol. The average molecular weight is 247 g/mol. The monoisotopic (exact) mass is 247 g/mol. The Kier molecular flexibility index (Phi) is 7.75. The Labute approximate surface area is 113 Å². The van der Waals surface area contributed by atoms with Gasteiger partial charge in [-0.15, -0.1) is 0 Å². The fourth-order valence-electron chi connectivity index (χ4n) is 2.39. The van der Waals surface area contributed by atoms with Crippen LogP contribution in [0, 0.1) is 0 Å². The zero-order valence-electron chi connectivity index (χ0n) is 12.3. The van der Waals surface area contributed by atoms with Crippen LogP contribution >= 0.6 is 0 Å². The van der Waals surface area contributed by atoms with E-state index >= 15 is 0 Å². The third-order valence-corrected chi connectivity index (χ3v) is 3.62. The lowest BCUT2D eigenvalue weighted by Crippen LogP contribution is -2.32. The molecule has 1 rings (SSSR count). The van der Waals surface area contributed by atoms with E-state index in [1.165, 1.54) is 37.7 Å². The Balaban J connectivity index is 2.36. The zero-order valence-corrected chi connectivity index (χ0v) is 12.3. The lowest BCUT2D eigenvalue weighted by atomic mass is 9.99. The van der Waals surface area contributed by atoms with Crippen LogP contribution in [0.1, 0.15) is 64.4 Å². The van der Waals surface area contributed by atoms with Crippen molar-refractivity contribution in [1.29, 1.82) is 0 Å². The largest absolute Gasteiger partial charge is 0.313 e.